The van der Waals surface area contributed by atoms with E-state index in [2.05, 4.69) is 38.7 Å². The minimum atomic E-state index is -0.260. The first-order chi connectivity index (χ1) is 14.3. The number of amides is 1. The zero-order valence-corrected chi connectivity index (χ0v) is 18.1. The highest BCUT2D eigenvalue weighted by Crippen LogP contribution is 2.37. The van der Waals surface area contributed by atoms with E-state index in [1.165, 1.54) is 6.26 Å². The Morgan fingerprint density at radius 1 is 1.23 bits per heavy atom. The number of carbonyl (C=O) groups excluding carboxylic acids is 1. The summed E-state index contributed by atoms with van der Waals surface area (Å²) in [6.45, 7) is 11.2. The summed E-state index contributed by atoms with van der Waals surface area (Å²) in [4.78, 5) is 21.5. The number of pyridine rings is 1. The molecule has 2 aliphatic heterocycles. The number of piperazine rings is 1. The van der Waals surface area contributed by atoms with Crippen molar-refractivity contribution in [2.24, 2.45) is 0 Å². The van der Waals surface area contributed by atoms with E-state index >= 15 is 0 Å². The largest absolute Gasteiger partial charge is 0.459 e. The molecule has 1 fully saturated rings. The standard InChI is InChI=1S/C23H28N4O3/c1-15(2)20-16-12-23(3,4)30-14-18(16)17(13-24)21(25-20)26-7-9-27(10-8-26)22(28)19-6-5-11-29-19/h5-6,11,15H,7-10,12,14H2,1-4H3. The van der Waals surface area contributed by atoms with Gasteiger partial charge in [-0.1, -0.05) is 13.8 Å². The third-order valence-electron chi connectivity index (χ3n) is 5.89. The molecule has 7 nitrogen and oxygen atoms in total. The first kappa shape index (κ1) is 20.4. The monoisotopic (exact) mass is 408 g/mol. The zero-order chi connectivity index (χ0) is 21.5. The minimum Gasteiger partial charge on any atom is -0.459 e. The number of rotatable bonds is 3. The van der Waals surface area contributed by atoms with Gasteiger partial charge in [0.1, 0.15) is 17.5 Å². The lowest BCUT2D eigenvalue weighted by Crippen LogP contribution is -2.49. The molecule has 0 bridgehead atoms. The van der Waals surface area contributed by atoms with Gasteiger partial charge in [-0.15, -0.1) is 0 Å². The maximum Gasteiger partial charge on any atom is 0.289 e. The number of nitrogens with zero attached hydrogens (tertiary/aromatic N) is 4. The van der Waals surface area contributed by atoms with E-state index in [0.29, 0.717) is 49.9 Å². The van der Waals surface area contributed by atoms with Crippen molar-refractivity contribution in [2.45, 2.75) is 52.2 Å². The molecule has 0 radical (unpaired) electrons. The Labute approximate surface area is 177 Å². The normalized spacial score (nSPS) is 18.3. The second-order valence-corrected chi connectivity index (χ2v) is 8.90. The van der Waals surface area contributed by atoms with E-state index in [1.54, 1.807) is 17.0 Å². The Morgan fingerprint density at radius 2 is 1.97 bits per heavy atom. The van der Waals surface area contributed by atoms with E-state index in [-0.39, 0.29) is 17.4 Å². The topological polar surface area (TPSA) is 82.6 Å². The van der Waals surface area contributed by atoms with Crippen molar-refractivity contribution in [2.75, 3.05) is 31.1 Å². The number of carbonyl (C=O) groups is 1. The molecule has 4 heterocycles. The Morgan fingerprint density at radius 3 is 2.57 bits per heavy atom. The van der Waals surface area contributed by atoms with E-state index in [1.807, 2.05) is 0 Å². The Kier molecular flexibility index (Phi) is 5.29. The summed E-state index contributed by atoms with van der Waals surface area (Å²) in [5.74, 6) is 1.22. The fourth-order valence-electron chi connectivity index (χ4n) is 4.28. The van der Waals surface area contributed by atoms with Crippen LogP contribution in [0.4, 0.5) is 5.82 Å². The Balaban J connectivity index is 1.63. The number of hydrogen-bond acceptors (Lipinski definition) is 6. The molecule has 2 aliphatic rings. The number of ether oxygens (including phenoxy) is 1. The first-order valence-electron chi connectivity index (χ1n) is 10.5. The maximum atomic E-state index is 12.6. The molecule has 0 saturated carbocycles. The molecule has 7 heteroatoms. The van der Waals surface area contributed by atoms with Crippen LogP contribution in [0, 0.1) is 11.3 Å². The molecule has 1 amide bonds. The Bertz CT molecular complexity index is 981. The van der Waals surface area contributed by atoms with Crippen LogP contribution in [0.15, 0.2) is 22.8 Å². The molecule has 30 heavy (non-hydrogen) atoms. The van der Waals surface area contributed by atoms with Crippen molar-refractivity contribution in [3.8, 4) is 6.07 Å². The number of anilines is 1. The van der Waals surface area contributed by atoms with E-state index in [4.69, 9.17) is 14.1 Å². The van der Waals surface area contributed by atoms with Crippen molar-refractivity contribution in [1.82, 2.24) is 9.88 Å². The van der Waals surface area contributed by atoms with Gasteiger partial charge < -0.3 is 19.0 Å². The SMILES string of the molecule is CC(C)c1nc(N2CCN(C(=O)c3ccco3)CC2)c(C#N)c2c1CC(C)(C)OC2. The molecule has 0 N–H and O–H groups in total. The van der Waals surface area contributed by atoms with Crippen LogP contribution in [0.5, 0.6) is 0 Å². The summed E-state index contributed by atoms with van der Waals surface area (Å²) in [5.41, 5.74) is 3.53. The molecule has 2 aromatic heterocycles. The number of aromatic nitrogens is 1. The van der Waals surface area contributed by atoms with Crippen LogP contribution in [-0.4, -0.2) is 47.6 Å². The lowest BCUT2D eigenvalue weighted by molar-refractivity contribution is -0.0406. The number of furan rings is 1. The van der Waals surface area contributed by atoms with Gasteiger partial charge in [0.2, 0.25) is 0 Å². The van der Waals surface area contributed by atoms with Crippen LogP contribution >= 0.6 is 0 Å². The average Bonchev–Trinajstić information content (AvgIpc) is 3.26. The first-order valence-corrected chi connectivity index (χ1v) is 10.5. The fraction of sp³-hybridized carbons (Fsp3) is 0.522. The van der Waals surface area contributed by atoms with Crippen molar-refractivity contribution in [1.29, 1.82) is 5.26 Å². The van der Waals surface area contributed by atoms with Crippen LogP contribution in [0.2, 0.25) is 0 Å². The van der Waals surface area contributed by atoms with Gasteiger partial charge in [0.15, 0.2) is 5.76 Å². The van der Waals surface area contributed by atoms with Gasteiger partial charge in [0, 0.05) is 43.9 Å². The van der Waals surface area contributed by atoms with Gasteiger partial charge in [0.05, 0.1) is 18.5 Å². The molecule has 158 valence electrons. The number of fused-ring (bicyclic) bond motifs is 1. The minimum absolute atomic E-state index is 0.0999. The summed E-state index contributed by atoms with van der Waals surface area (Å²) in [7, 11) is 0. The summed E-state index contributed by atoms with van der Waals surface area (Å²) in [5, 5.41) is 9.98. The molecule has 2 aromatic rings. The van der Waals surface area contributed by atoms with E-state index in [0.717, 1.165) is 23.2 Å². The summed E-state index contributed by atoms with van der Waals surface area (Å²) in [6.07, 6.45) is 2.26. The van der Waals surface area contributed by atoms with E-state index < -0.39 is 0 Å². The predicted octanol–water partition coefficient (Wildman–Crippen LogP) is 3.48. The third-order valence-corrected chi connectivity index (χ3v) is 5.89. The molecular weight excluding hydrogens is 380 g/mol. The lowest BCUT2D eigenvalue weighted by atomic mass is 9.86. The van der Waals surface area contributed by atoms with Gasteiger partial charge in [-0.3, -0.25) is 4.79 Å². The van der Waals surface area contributed by atoms with Crippen LogP contribution < -0.4 is 4.90 Å². The van der Waals surface area contributed by atoms with Crippen molar-refractivity contribution in [3.63, 3.8) is 0 Å². The van der Waals surface area contributed by atoms with Crippen LogP contribution in [0.3, 0.4) is 0 Å². The van der Waals surface area contributed by atoms with E-state index in [9.17, 15) is 10.1 Å². The summed E-state index contributed by atoms with van der Waals surface area (Å²) in [6, 6.07) is 5.79. The molecule has 0 aromatic carbocycles. The predicted molar refractivity (Wildman–Crippen MR) is 112 cm³/mol. The maximum absolute atomic E-state index is 12.6. The fourth-order valence-corrected chi connectivity index (χ4v) is 4.28. The lowest BCUT2D eigenvalue weighted by Gasteiger charge is -2.38. The van der Waals surface area contributed by atoms with Crippen LogP contribution in [-0.2, 0) is 17.8 Å². The van der Waals surface area contributed by atoms with Gasteiger partial charge in [-0.2, -0.15) is 5.26 Å². The molecule has 0 unspecified atom stereocenters. The van der Waals surface area contributed by atoms with Gasteiger partial charge in [0.25, 0.3) is 5.91 Å². The highest BCUT2D eigenvalue weighted by atomic mass is 16.5. The van der Waals surface area contributed by atoms with Crippen molar-refractivity contribution < 1.29 is 13.9 Å². The molecule has 0 spiro atoms. The Hall–Kier alpha value is -2.85. The highest BCUT2D eigenvalue weighted by Gasteiger charge is 2.34. The van der Waals surface area contributed by atoms with Gasteiger partial charge in [-0.25, -0.2) is 4.98 Å². The van der Waals surface area contributed by atoms with Crippen molar-refractivity contribution >= 4 is 11.7 Å². The number of hydrogen-bond donors (Lipinski definition) is 0. The molecule has 0 aliphatic carbocycles. The molecular formula is C23H28N4O3. The molecule has 4 rings (SSSR count). The third kappa shape index (κ3) is 3.68. The second-order valence-electron chi connectivity index (χ2n) is 8.90. The van der Waals surface area contributed by atoms with Gasteiger partial charge >= 0.3 is 0 Å². The highest BCUT2D eigenvalue weighted by molar-refractivity contribution is 5.91. The molecule has 0 atom stereocenters. The number of nitriles is 1. The van der Waals surface area contributed by atoms with Gasteiger partial charge in [-0.05, 0) is 37.5 Å². The summed E-state index contributed by atoms with van der Waals surface area (Å²) < 4.78 is 11.3. The van der Waals surface area contributed by atoms with Crippen molar-refractivity contribution in [3.05, 3.63) is 46.5 Å². The van der Waals surface area contributed by atoms with Crippen LogP contribution in [0.25, 0.3) is 0 Å². The quantitative estimate of drug-likeness (QED) is 0.773. The molecule has 1 saturated heterocycles. The summed E-state index contributed by atoms with van der Waals surface area (Å²) >= 11 is 0. The smallest absolute Gasteiger partial charge is 0.289 e. The second kappa shape index (κ2) is 7.77. The zero-order valence-electron chi connectivity index (χ0n) is 18.1. The average molecular weight is 409 g/mol. The van der Waals surface area contributed by atoms with Crippen LogP contribution in [0.1, 0.15) is 66.6 Å².